The van der Waals surface area contributed by atoms with E-state index in [4.69, 9.17) is 5.26 Å². The van der Waals surface area contributed by atoms with Crippen molar-refractivity contribution in [1.29, 1.82) is 5.26 Å². The summed E-state index contributed by atoms with van der Waals surface area (Å²) < 4.78 is 0. The lowest BCUT2D eigenvalue weighted by Crippen LogP contribution is -2.06. The first-order chi connectivity index (χ1) is 6.83. The third-order valence-corrected chi connectivity index (χ3v) is 2.54. The van der Waals surface area contributed by atoms with Crippen LogP contribution in [0, 0.1) is 17.2 Å². The molecule has 1 aliphatic rings. The van der Waals surface area contributed by atoms with E-state index in [1.807, 2.05) is 6.07 Å². The van der Waals surface area contributed by atoms with Gasteiger partial charge in [-0.1, -0.05) is 13.3 Å². The van der Waals surface area contributed by atoms with Crippen molar-refractivity contribution >= 4 is 5.82 Å². The normalized spacial score (nSPS) is 24.0. The van der Waals surface area contributed by atoms with Gasteiger partial charge in [-0.2, -0.15) is 5.26 Å². The summed E-state index contributed by atoms with van der Waals surface area (Å²) in [6, 6.07) is 4.26. The zero-order valence-corrected chi connectivity index (χ0v) is 8.07. The monoisotopic (exact) mass is 188 g/mol. The molecule has 0 aliphatic heterocycles. The highest BCUT2D eigenvalue weighted by Gasteiger charge is 2.35. The molecule has 0 aromatic carbocycles. The maximum Gasteiger partial charge on any atom is 0.234 e. The molecule has 0 bridgehead atoms. The van der Waals surface area contributed by atoms with Crippen molar-refractivity contribution in [2.45, 2.75) is 25.8 Å². The summed E-state index contributed by atoms with van der Waals surface area (Å²) in [5, 5.41) is 11.9. The van der Waals surface area contributed by atoms with Gasteiger partial charge in [-0.05, 0) is 18.4 Å². The molecule has 2 atom stereocenters. The van der Waals surface area contributed by atoms with Crippen molar-refractivity contribution in [3.05, 3.63) is 18.1 Å². The molecule has 1 aromatic heterocycles. The largest absolute Gasteiger partial charge is 0.367 e. The van der Waals surface area contributed by atoms with Crippen molar-refractivity contribution in [3.8, 4) is 6.07 Å². The molecular formula is C10H12N4. The van der Waals surface area contributed by atoms with Crippen molar-refractivity contribution in [1.82, 2.24) is 9.97 Å². The van der Waals surface area contributed by atoms with Crippen LogP contribution in [-0.4, -0.2) is 16.0 Å². The van der Waals surface area contributed by atoms with E-state index in [0.29, 0.717) is 6.04 Å². The molecule has 2 unspecified atom stereocenters. The summed E-state index contributed by atoms with van der Waals surface area (Å²) >= 11 is 0. The summed E-state index contributed by atoms with van der Waals surface area (Å²) in [6.45, 7) is 2.19. The Hall–Kier alpha value is -1.63. The van der Waals surface area contributed by atoms with Gasteiger partial charge in [-0.15, -0.1) is 0 Å². The van der Waals surface area contributed by atoms with Crippen LogP contribution < -0.4 is 5.32 Å². The van der Waals surface area contributed by atoms with Gasteiger partial charge < -0.3 is 5.32 Å². The van der Waals surface area contributed by atoms with Crippen LogP contribution in [0.15, 0.2) is 12.3 Å². The third-order valence-electron chi connectivity index (χ3n) is 2.54. The Bertz CT molecular complexity index is 369. The van der Waals surface area contributed by atoms with Crippen molar-refractivity contribution < 1.29 is 0 Å². The fraction of sp³-hybridized carbons (Fsp3) is 0.500. The van der Waals surface area contributed by atoms with E-state index >= 15 is 0 Å². The minimum absolute atomic E-state index is 0.226. The minimum Gasteiger partial charge on any atom is -0.367 e. The molecule has 0 saturated heterocycles. The molecule has 72 valence electrons. The average Bonchev–Trinajstić information content (AvgIpc) is 2.97. The SMILES string of the molecule is CCC1CC1Nc1ccnc(C#N)n1. The van der Waals surface area contributed by atoms with Gasteiger partial charge in [0, 0.05) is 12.2 Å². The topological polar surface area (TPSA) is 61.6 Å². The average molecular weight is 188 g/mol. The summed E-state index contributed by atoms with van der Waals surface area (Å²) in [5.74, 6) is 1.76. The molecule has 1 saturated carbocycles. The van der Waals surface area contributed by atoms with Crippen molar-refractivity contribution in [2.75, 3.05) is 5.32 Å². The molecule has 1 aromatic rings. The summed E-state index contributed by atoms with van der Waals surface area (Å²) in [4.78, 5) is 7.87. The number of nitrogens with one attached hydrogen (secondary N) is 1. The highest BCUT2D eigenvalue weighted by Crippen LogP contribution is 2.35. The first-order valence-corrected chi connectivity index (χ1v) is 4.83. The summed E-state index contributed by atoms with van der Waals surface area (Å²) in [6.07, 6.45) is 4.02. The number of hydrogen-bond acceptors (Lipinski definition) is 4. The predicted octanol–water partition coefficient (Wildman–Crippen LogP) is 1.56. The van der Waals surface area contributed by atoms with Gasteiger partial charge in [0.15, 0.2) is 0 Å². The van der Waals surface area contributed by atoms with Crippen molar-refractivity contribution in [3.63, 3.8) is 0 Å². The van der Waals surface area contributed by atoms with Crippen LogP contribution in [0.2, 0.25) is 0 Å². The molecule has 1 fully saturated rings. The molecule has 1 heterocycles. The fourth-order valence-corrected chi connectivity index (χ4v) is 1.56. The van der Waals surface area contributed by atoms with E-state index in [-0.39, 0.29) is 5.82 Å². The fourth-order valence-electron chi connectivity index (χ4n) is 1.56. The van der Waals surface area contributed by atoms with E-state index in [1.54, 1.807) is 12.3 Å². The Kier molecular flexibility index (Phi) is 2.32. The summed E-state index contributed by atoms with van der Waals surface area (Å²) in [5.41, 5.74) is 0. The Labute approximate surface area is 83.0 Å². The molecule has 1 aliphatic carbocycles. The van der Waals surface area contributed by atoms with Gasteiger partial charge in [0.05, 0.1) is 0 Å². The minimum atomic E-state index is 0.226. The van der Waals surface area contributed by atoms with Crippen LogP contribution in [0.3, 0.4) is 0 Å². The molecular weight excluding hydrogens is 176 g/mol. The number of aromatic nitrogens is 2. The lowest BCUT2D eigenvalue weighted by molar-refractivity contribution is 0.773. The second kappa shape index (κ2) is 3.62. The molecule has 4 nitrogen and oxygen atoms in total. The predicted molar refractivity (Wildman–Crippen MR) is 52.6 cm³/mol. The first-order valence-electron chi connectivity index (χ1n) is 4.83. The molecule has 0 spiro atoms. The second-order valence-electron chi connectivity index (χ2n) is 3.53. The summed E-state index contributed by atoms with van der Waals surface area (Å²) in [7, 11) is 0. The van der Waals surface area contributed by atoms with Crippen LogP contribution in [0.25, 0.3) is 0 Å². The van der Waals surface area contributed by atoms with E-state index in [1.165, 1.54) is 12.8 Å². The molecule has 2 rings (SSSR count). The van der Waals surface area contributed by atoms with Gasteiger partial charge in [-0.25, -0.2) is 9.97 Å². The van der Waals surface area contributed by atoms with Gasteiger partial charge in [0.2, 0.25) is 5.82 Å². The maximum atomic E-state index is 8.61. The number of anilines is 1. The van der Waals surface area contributed by atoms with Gasteiger partial charge in [0.1, 0.15) is 11.9 Å². The van der Waals surface area contributed by atoms with E-state index in [2.05, 4.69) is 22.2 Å². The Morgan fingerprint density at radius 2 is 2.57 bits per heavy atom. The van der Waals surface area contributed by atoms with Gasteiger partial charge in [0.25, 0.3) is 0 Å². The second-order valence-corrected chi connectivity index (χ2v) is 3.53. The van der Waals surface area contributed by atoms with Crippen molar-refractivity contribution in [2.24, 2.45) is 5.92 Å². The first kappa shape index (κ1) is 8.95. The van der Waals surface area contributed by atoms with Crippen LogP contribution in [0.5, 0.6) is 0 Å². The van der Waals surface area contributed by atoms with Crippen LogP contribution in [0.4, 0.5) is 5.82 Å². The van der Waals surface area contributed by atoms with E-state index in [0.717, 1.165) is 11.7 Å². The zero-order chi connectivity index (χ0) is 9.97. The number of nitrogens with zero attached hydrogens (tertiary/aromatic N) is 3. The standard InChI is InChI=1S/C10H12N4/c1-2-7-5-8(7)13-9-3-4-12-10(6-11)14-9/h3-4,7-8H,2,5H2,1H3,(H,12,13,14). The highest BCUT2D eigenvalue weighted by atomic mass is 15.1. The van der Waals surface area contributed by atoms with Crippen LogP contribution in [-0.2, 0) is 0 Å². The Morgan fingerprint density at radius 1 is 1.71 bits per heavy atom. The van der Waals surface area contributed by atoms with Crippen LogP contribution in [0.1, 0.15) is 25.6 Å². The number of hydrogen-bond donors (Lipinski definition) is 1. The molecule has 14 heavy (non-hydrogen) atoms. The van der Waals surface area contributed by atoms with Gasteiger partial charge in [-0.3, -0.25) is 0 Å². The highest BCUT2D eigenvalue weighted by molar-refractivity contribution is 5.38. The third kappa shape index (κ3) is 1.82. The van der Waals surface area contributed by atoms with Crippen LogP contribution >= 0.6 is 0 Å². The Balaban J connectivity index is 2.00. The zero-order valence-electron chi connectivity index (χ0n) is 8.07. The maximum absolute atomic E-state index is 8.61. The number of nitriles is 1. The lowest BCUT2D eigenvalue weighted by Gasteiger charge is -2.03. The number of rotatable bonds is 3. The Morgan fingerprint density at radius 3 is 3.21 bits per heavy atom. The molecule has 1 N–H and O–H groups in total. The van der Waals surface area contributed by atoms with Gasteiger partial charge >= 0.3 is 0 Å². The lowest BCUT2D eigenvalue weighted by atomic mass is 10.3. The van der Waals surface area contributed by atoms with E-state index in [9.17, 15) is 0 Å². The molecule has 0 amide bonds. The smallest absolute Gasteiger partial charge is 0.234 e. The molecule has 0 radical (unpaired) electrons. The van der Waals surface area contributed by atoms with E-state index < -0.39 is 0 Å². The quantitative estimate of drug-likeness (QED) is 0.781. The molecule has 4 heteroatoms.